The monoisotopic (exact) mass is 437 g/mol. The molecule has 2 aromatic rings. The lowest BCUT2D eigenvalue weighted by Crippen LogP contribution is -2.39. The van der Waals surface area contributed by atoms with Crippen LogP contribution in [0.4, 0.5) is 8.78 Å². The predicted octanol–water partition coefficient (Wildman–Crippen LogP) is 2.97. The smallest absolute Gasteiger partial charge is 0.236 e. The van der Waals surface area contributed by atoms with Crippen molar-refractivity contribution in [3.05, 3.63) is 65.2 Å². The number of rotatable bonds is 7. The first-order valence-corrected chi connectivity index (χ1v) is 9.93. The Balaban J connectivity index is 0.00000256. The van der Waals surface area contributed by atoms with Crippen LogP contribution in [0.1, 0.15) is 29.9 Å². The van der Waals surface area contributed by atoms with Crippen molar-refractivity contribution in [2.24, 2.45) is 5.73 Å². The Kier molecular flexibility index (Phi) is 7.28. The van der Waals surface area contributed by atoms with Crippen LogP contribution < -0.4 is 15.8 Å². The van der Waals surface area contributed by atoms with E-state index < -0.39 is 11.6 Å². The maximum absolute atomic E-state index is 14.4. The number of hydrogen-bond acceptors (Lipinski definition) is 4. The molecule has 1 heterocycles. The lowest BCUT2D eigenvalue weighted by atomic mass is 10.1. The Bertz CT molecular complexity index is 884. The molecule has 3 atom stereocenters. The third kappa shape index (κ3) is 5.28. The summed E-state index contributed by atoms with van der Waals surface area (Å²) in [4.78, 5) is 14.0. The van der Waals surface area contributed by atoms with E-state index >= 15 is 0 Å². The second-order valence-electron chi connectivity index (χ2n) is 7.80. The molecule has 2 aromatic carbocycles. The number of ether oxygens (including phenoxy) is 1. The van der Waals surface area contributed by atoms with Gasteiger partial charge in [-0.1, -0.05) is 30.3 Å². The molecule has 2 aliphatic rings. The number of halogens is 3. The van der Waals surface area contributed by atoms with Crippen LogP contribution in [0.5, 0.6) is 5.75 Å². The van der Waals surface area contributed by atoms with E-state index in [4.69, 9.17) is 10.5 Å². The minimum absolute atomic E-state index is 0. The number of benzene rings is 2. The maximum Gasteiger partial charge on any atom is 0.236 e. The zero-order chi connectivity index (χ0) is 20.4. The van der Waals surface area contributed by atoms with E-state index in [2.05, 4.69) is 5.32 Å². The Morgan fingerprint density at radius 3 is 2.70 bits per heavy atom. The summed E-state index contributed by atoms with van der Waals surface area (Å²) >= 11 is 0. The minimum Gasteiger partial charge on any atom is -0.486 e. The number of nitrogens with zero attached hydrogens (tertiary/aromatic N) is 1. The first-order valence-electron chi connectivity index (χ1n) is 9.93. The van der Waals surface area contributed by atoms with Gasteiger partial charge in [-0.3, -0.25) is 4.79 Å². The highest BCUT2D eigenvalue weighted by atomic mass is 35.5. The number of nitrogens with one attached hydrogen (secondary N) is 1. The van der Waals surface area contributed by atoms with Crippen molar-refractivity contribution in [3.8, 4) is 5.75 Å². The van der Waals surface area contributed by atoms with Crippen molar-refractivity contribution >= 4 is 18.3 Å². The van der Waals surface area contributed by atoms with Gasteiger partial charge in [0.15, 0.2) is 11.6 Å². The second-order valence-corrected chi connectivity index (χ2v) is 7.80. The number of carbonyl (C=O) groups excluding carboxylic acids is 1. The molecule has 1 saturated carbocycles. The number of hydrogen-bond donors (Lipinski definition) is 2. The van der Waals surface area contributed by atoms with Crippen LogP contribution >= 0.6 is 12.4 Å². The average Bonchev–Trinajstić information content (AvgIpc) is 3.35. The summed E-state index contributed by atoms with van der Waals surface area (Å²) in [7, 11) is 0. The summed E-state index contributed by atoms with van der Waals surface area (Å²) in [5, 5.41) is 3.20. The zero-order valence-corrected chi connectivity index (χ0v) is 17.3. The molecule has 3 N–H and O–H groups in total. The molecule has 1 amide bonds. The van der Waals surface area contributed by atoms with E-state index in [0.717, 1.165) is 18.1 Å². The van der Waals surface area contributed by atoms with E-state index in [1.165, 1.54) is 6.07 Å². The van der Waals surface area contributed by atoms with Gasteiger partial charge >= 0.3 is 0 Å². The Labute approximate surface area is 181 Å². The van der Waals surface area contributed by atoms with Gasteiger partial charge in [0.25, 0.3) is 0 Å². The van der Waals surface area contributed by atoms with Crippen LogP contribution in [0, 0.1) is 11.6 Å². The molecule has 0 radical (unpaired) electrons. The fourth-order valence-electron chi connectivity index (χ4n) is 3.85. The number of amides is 1. The highest BCUT2D eigenvalue weighted by molar-refractivity contribution is 5.85. The maximum atomic E-state index is 14.4. The first-order chi connectivity index (χ1) is 14.0. The van der Waals surface area contributed by atoms with Crippen molar-refractivity contribution in [1.29, 1.82) is 0 Å². The molecule has 4 rings (SSSR count). The normalized spacial score (nSPS) is 22.5. The number of carbonyl (C=O) groups is 1. The van der Waals surface area contributed by atoms with Crippen LogP contribution in [-0.2, 0) is 11.4 Å². The highest BCUT2D eigenvalue weighted by Crippen LogP contribution is 2.46. The summed E-state index contributed by atoms with van der Waals surface area (Å²) < 4.78 is 34.0. The average molecular weight is 438 g/mol. The third-order valence-corrected chi connectivity index (χ3v) is 5.55. The fourth-order valence-corrected chi connectivity index (χ4v) is 3.85. The van der Waals surface area contributed by atoms with Gasteiger partial charge in [-0.2, -0.15) is 0 Å². The molecule has 30 heavy (non-hydrogen) atoms. The Morgan fingerprint density at radius 2 is 2.00 bits per heavy atom. The van der Waals surface area contributed by atoms with E-state index in [1.54, 1.807) is 4.90 Å². The minimum atomic E-state index is -0.705. The third-order valence-electron chi connectivity index (χ3n) is 5.55. The quantitative estimate of drug-likeness (QED) is 0.698. The standard InChI is InChI=1S/C22H25F2N3O2.ClH/c23-15-8-18(22(19(24)9-15)29-13-14-4-2-1-3-5-14)17-10-20(17)26-11-21(28)27-7-6-16(25)12-27;/h1-5,8-9,16-17,20,26H,6-7,10-13,25H2;1H. The van der Waals surface area contributed by atoms with Crippen molar-refractivity contribution < 1.29 is 18.3 Å². The summed E-state index contributed by atoms with van der Waals surface area (Å²) in [5.74, 6) is -1.32. The van der Waals surface area contributed by atoms with E-state index in [0.29, 0.717) is 25.1 Å². The van der Waals surface area contributed by atoms with Gasteiger partial charge in [-0.25, -0.2) is 8.78 Å². The van der Waals surface area contributed by atoms with Gasteiger partial charge in [-0.15, -0.1) is 12.4 Å². The molecule has 0 bridgehead atoms. The summed E-state index contributed by atoms with van der Waals surface area (Å²) in [6.45, 7) is 1.67. The van der Waals surface area contributed by atoms with Crippen LogP contribution in [0.25, 0.3) is 0 Å². The summed E-state index contributed by atoms with van der Waals surface area (Å²) in [5.41, 5.74) is 7.26. The Hall–Kier alpha value is -2.22. The van der Waals surface area contributed by atoms with Crippen LogP contribution in [-0.4, -0.2) is 42.5 Å². The molecule has 8 heteroatoms. The Morgan fingerprint density at radius 1 is 1.23 bits per heavy atom. The predicted molar refractivity (Wildman–Crippen MR) is 113 cm³/mol. The lowest BCUT2D eigenvalue weighted by Gasteiger charge is -2.16. The fraction of sp³-hybridized carbons (Fsp3) is 0.409. The number of likely N-dealkylation sites (tertiary alicyclic amines) is 1. The van der Waals surface area contributed by atoms with Gasteiger partial charge < -0.3 is 20.7 Å². The van der Waals surface area contributed by atoms with Crippen LogP contribution in [0.2, 0.25) is 0 Å². The van der Waals surface area contributed by atoms with E-state index in [9.17, 15) is 13.6 Å². The van der Waals surface area contributed by atoms with Crippen LogP contribution in [0.15, 0.2) is 42.5 Å². The summed E-state index contributed by atoms with van der Waals surface area (Å²) in [6.07, 6.45) is 1.53. The first kappa shape index (κ1) is 22.5. The van der Waals surface area contributed by atoms with Gasteiger partial charge in [0.1, 0.15) is 12.4 Å². The summed E-state index contributed by atoms with van der Waals surface area (Å²) in [6, 6.07) is 11.6. The molecular formula is C22H26ClF2N3O2. The highest BCUT2D eigenvalue weighted by Gasteiger charge is 2.41. The molecular weight excluding hydrogens is 412 g/mol. The zero-order valence-electron chi connectivity index (χ0n) is 16.5. The molecule has 3 unspecified atom stereocenters. The van der Waals surface area contributed by atoms with Gasteiger partial charge in [0.05, 0.1) is 6.54 Å². The van der Waals surface area contributed by atoms with E-state index in [1.807, 2.05) is 30.3 Å². The second kappa shape index (κ2) is 9.73. The molecule has 0 spiro atoms. The van der Waals surface area contributed by atoms with E-state index in [-0.39, 0.29) is 55.2 Å². The lowest BCUT2D eigenvalue weighted by molar-refractivity contribution is -0.129. The molecule has 2 fully saturated rings. The van der Waals surface area contributed by atoms with Crippen molar-refractivity contribution in [3.63, 3.8) is 0 Å². The topological polar surface area (TPSA) is 67.6 Å². The number of nitrogens with two attached hydrogens (primary N) is 1. The van der Waals surface area contributed by atoms with Gasteiger partial charge in [0, 0.05) is 42.7 Å². The molecule has 1 saturated heterocycles. The largest absolute Gasteiger partial charge is 0.486 e. The van der Waals surface area contributed by atoms with Crippen molar-refractivity contribution in [2.75, 3.05) is 19.6 Å². The van der Waals surface area contributed by atoms with Gasteiger partial charge in [0.2, 0.25) is 5.91 Å². The molecule has 1 aliphatic heterocycles. The van der Waals surface area contributed by atoms with Crippen molar-refractivity contribution in [2.45, 2.75) is 37.5 Å². The molecule has 1 aliphatic carbocycles. The molecule has 5 nitrogen and oxygen atoms in total. The van der Waals surface area contributed by atoms with Gasteiger partial charge in [-0.05, 0) is 24.5 Å². The van der Waals surface area contributed by atoms with Crippen LogP contribution in [0.3, 0.4) is 0 Å². The SMILES string of the molecule is Cl.NC1CCN(C(=O)CNC2CC2c2cc(F)cc(F)c2OCc2ccccc2)C1. The molecule has 0 aromatic heterocycles. The molecule has 162 valence electrons. The van der Waals surface area contributed by atoms with Crippen molar-refractivity contribution in [1.82, 2.24) is 10.2 Å².